The molecule has 2 aromatic carbocycles. The Labute approximate surface area is 134 Å². The summed E-state index contributed by atoms with van der Waals surface area (Å²) in [6.07, 6.45) is 0.984. The zero-order valence-corrected chi connectivity index (χ0v) is 13.2. The first kappa shape index (κ1) is 14.0. The average Bonchev–Trinajstić information content (AvgIpc) is 3.16. The van der Waals surface area contributed by atoms with Crippen molar-refractivity contribution in [2.24, 2.45) is 0 Å². The average molecular weight is 306 g/mol. The summed E-state index contributed by atoms with van der Waals surface area (Å²) >= 11 is 0. The minimum absolute atomic E-state index is 0.0215. The summed E-state index contributed by atoms with van der Waals surface area (Å²) in [7, 11) is 0. The molecule has 1 heterocycles. The van der Waals surface area contributed by atoms with Crippen LogP contribution in [0.5, 0.6) is 0 Å². The second-order valence-corrected chi connectivity index (χ2v) is 6.24. The molecule has 1 aliphatic rings. The van der Waals surface area contributed by atoms with Crippen molar-refractivity contribution in [2.45, 2.75) is 32.1 Å². The van der Waals surface area contributed by atoms with Gasteiger partial charge in [-0.2, -0.15) is 0 Å². The molecule has 0 unspecified atom stereocenters. The fourth-order valence-electron chi connectivity index (χ4n) is 3.52. The van der Waals surface area contributed by atoms with Crippen LogP contribution >= 0.6 is 0 Å². The molecule has 3 aromatic rings. The van der Waals surface area contributed by atoms with Crippen molar-refractivity contribution in [1.29, 1.82) is 0 Å². The maximum Gasteiger partial charge on any atom is 0.434 e. The van der Waals surface area contributed by atoms with Crippen LogP contribution in [0.15, 0.2) is 51.7 Å². The second-order valence-electron chi connectivity index (χ2n) is 6.24. The summed E-state index contributed by atoms with van der Waals surface area (Å²) in [6, 6.07) is 15.1. The van der Waals surface area contributed by atoms with Gasteiger partial charge in [0.1, 0.15) is 0 Å². The Morgan fingerprint density at radius 3 is 2.61 bits per heavy atom. The molecule has 4 nitrogen and oxygen atoms in total. The van der Waals surface area contributed by atoms with Crippen molar-refractivity contribution in [3.8, 4) is 11.1 Å². The summed E-state index contributed by atoms with van der Waals surface area (Å²) in [5, 5.41) is 6.35. The molecule has 4 heteroatoms. The number of nitrogens with zero attached hydrogens (tertiary/aromatic N) is 1. The number of aromatic nitrogens is 2. The van der Waals surface area contributed by atoms with E-state index in [0.29, 0.717) is 5.89 Å². The van der Waals surface area contributed by atoms with Crippen LogP contribution in [0.2, 0.25) is 0 Å². The van der Waals surface area contributed by atoms with E-state index < -0.39 is 5.76 Å². The van der Waals surface area contributed by atoms with Crippen LogP contribution in [-0.4, -0.2) is 10.2 Å². The molecule has 0 fully saturated rings. The highest BCUT2D eigenvalue weighted by molar-refractivity contribution is 5.80. The minimum Gasteiger partial charge on any atom is -0.392 e. The molecule has 0 amide bonds. The molecule has 0 radical (unpaired) electrons. The van der Waals surface area contributed by atoms with E-state index >= 15 is 0 Å². The monoisotopic (exact) mass is 306 g/mol. The maximum atomic E-state index is 11.2. The summed E-state index contributed by atoms with van der Waals surface area (Å²) in [5.41, 5.74) is 6.68. The number of fused-ring (bicyclic) bond motifs is 3. The smallest absolute Gasteiger partial charge is 0.392 e. The summed E-state index contributed by atoms with van der Waals surface area (Å²) in [6.45, 7) is 4.21. The standard InChI is InChI=1S/C19H18N2O2/c1-11(12(2)18-20-21-19(22)23-18)15-9-5-7-14-10-13-6-3-4-8-16(13)17(14)15/h3-9,11-12H,10H2,1-2H3,(H,21,22)/t11-,12-/m0/s1. The van der Waals surface area contributed by atoms with Crippen molar-refractivity contribution in [3.63, 3.8) is 0 Å². The summed E-state index contributed by atoms with van der Waals surface area (Å²) in [5.74, 6) is 0.185. The molecule has 0 aliphatic heterocycles. The highest BCUT2D eigenvalue weighted by atomic mass is 16.4. The Morgan fingerprint density at radius 1 is 1.04 bits per heavy atom. The number of hydrogen-bond donors (Lipinski definition) is 1. The van der Waals surface area contributed by atoms with Gasteiger partial charge in [0, 0.05) is 5.92 Å². The molecule has 1 N–H and O–H groups in total. The molecular formula is C19H18N2O2. The van der Waals surface area contributed by atoms with Gasteiger partial charge >= 0.3 is 5.76 Å². The SMILES string of the molecule is C[C@H](c1n[nH]c(=O)o1)[C@H](C)c1cccc2c1-c1ccccc1C2. The summed E-state index contributed by atoms with van der Waals surface area (Å²) < 4.78 is 5.15. The van der Waals surface area contributed by atoms with E-state index in [-0.39, 0.29) is 11.8 Å². The van der Waals surface area contributed by atoms with Crippen molar-refractivity contribution in [3.05, 3.63) is 75.6 Å². The zero-order valence-electron chi connectivity index (χ0n) is 13.2. The number of nitrogens with one attached hydrogen (secondary N) is 1. The van der Waals surface area contributed by atoms with Gasteiger partial charge in [-0.05, 0) is 40.2 Å². The minimum atomic E-state index is -0.498. The van der Waals surface area contributed by atoms with Crippen LogP contribution in [0, 0.1) is 0 Å². The molecule has 1 aliphatic carbocycles. The second kappa shape index (κ2) is 5.23. The van der Waals surface area contributed by atoms with E-state index in [2.05, 4.69) is 59.6 Å². The molecule has 0 saturated carbocycles. The van der Waals surface area contributed by atoms with E-state index in [1.165, 1.54) is 27.8 Å². The van der Waals surface area contributed by atoms with Crippen LogP contribution < -0.4 is 5.76 Å². The van der Waals surface area contributed by atoms with Crippen LogP contribution in [-0.2, 0) is 6.42 Å². The number of H-pyrrole nitrogens is 1. The van der Waals surface area contributed by atoms with E-state index in [1.54, 1.807) is 0 Å². The van der Waals surface area contributed by atoms with E-state index in [0.717, 1.165) is 6.42 Å². The Hall–Kier alpha value is -2.62. The van der Waals surface area contributed by atoms with Crippen LogP contribution in [0.1, 0.15) is 48.3 Å². The Morgan fingerprint density at radius 2 is 1.83 bits per heavy atom. The van der Waals surface area contributed by atoms with Gasteiger partial charge in [-0.1, -0.05) is 56.3 Å². The largest absolute Gasteiger partial charge is 0.434 e. The van der Waals surface area contributed by atoms with Crippen molar-refractivity contribution >= 4 is 0 Å². The molecule has 23 heavy (non-hydrogen) atoms. The van der Waals surface area contributed by atoms with Crippen molar-refractivity contribution in [1.82, 2.24) is 10.2 Å². The lowest BCUT2D eigenvalue weighted by Gasteiger charge is -2.20. The molecule has 0 spiro atoms. The lowest BCUT2D eigenvalue weighted by Crippen LogP contribution is -2.07. The maximum absolute atomic E-state index is 11.2. The Kier molecular flexibility index (Phi) is 3.18. The fraction of sp³-hybridized carbons (Fsp3) is 0.263. The molecule has 0 saturated heterocycles. The first-order valence-corrected chi connectivity index (χ1v) is 7.90. The summed E-state index contributed by atoms with van der Waals surface area (Å²) in [4.78, 5) is 11.2. The molecule has 4 rings (SSSR count). The molecule has 2 atom stereocenters. The predicted molar refractivity (Wildman–Crippen MR) is 88.6 cm³/mol. The van der Waals surface area contributed by atoms with Gasteiger partial charge in [-0.25, -0.2) is 9.89 Å². The van der Waals surface area contributed by atoms with E-state index in [4.69, 9.17) is 4.42 Å². The van der Waals surface area contributed by atoms with Gasteiger partial charge < -0.3 is 4.42 Å². The number of rotatable bonds is 3. The third kappa shape index (κ3) is 2.22. The quantitative estimate of drug-likeness (QED) is 0.625. The third-order valence-electron chi connectivity index (χ3n) is 4.94. The topological polar surface area (TPSA) is 58.9 Å². The van der Waals surface area contributed by atoms with Gasteiger partial charge in [0.25, 0.3) is 0 Å². The van der Waals surface area contributed by atoms with Crippen molar-refractivity contribution < 1.29 is 4.42 Å². The lowest BCUT2D eigenvalue weighted by molar-refractivity contribution is 0.410. The molecular weight excluding hydrogens is 288 g/mol. The first-order valence-electron chi connectivity index (χ1n) is 7.90. The van der Waals surface area contributed by atoms with Crippen LogP contribution in [0.4, 0.5) is 0 Å². The highest BCUT2D eigenvalue weighted by Gasteiger charge is 2.27. The van der Waals surface area contributed by atoms with Gasteiger partial charge in [0.15, 0.2) is 0 Å². The first-order chi connectivity index (χ1) is 11.1. The fourth-order valence-corrected chi connectivity index (χ4v) is 3.52. The van der Waals surface area contributed by atoms with Gasteiger partial charge in [0.2, 0.25) is 5.89 Å². The lowest BCUT2D eigenvalue weighted by atomic mass is 9.84. The molecule has 1 aromatic heterocycles. The Bertz CT molecular complexity index is 923. The molecule has 116 valence electrons. The van der Waals surface area contributed by atoms with E-state index in [1.807, 2.05) is 6.92 Å². The number of hydrogen-bond acceptors (Lipinski definition) is 3. The molecule has 0 bridgehead atoms. The number of benzene rings is 2. The van der Waals surface area contributed by atoms with Crippen molar-refractivity contribution in [2.75, 3.05) is 0 Å². The zero-order chi connectivity index (χ0) is 16.0. The Balaban J connectivity index is 1.80. The van der Waals surface area contributed by atoms with E-state index in [9.17, 15) is 4.79 Å². The predicted octanol–water partition coefficient (Wildman–Crippen LogP) is 3.84. The normalized spacial score (nSPS) is 15.0. The number of aromatic amines is 1. The highest BCUT2D eigenvalue weighted by Crippen LogP contribution is 2.44. The van der Waals surface area contributed by atoms with Gasteiger partial charge in [0.05, 0.1) is 0 Å². The van der Waals surface area contributed by atoms with Gasteiger partial charge in [-0.3, -0.25) is 0 Å². The van der Waals surface area contributed by atoms with Gasteiger partial charge in [-0.15, -0.1) is 5.10 Å². The third-order valence-corrected chi connectivity index (χ3v) is 4.94. The van der Waals surface area contributed by atoms with Crippen LogP contribution in [0.3, 0.4) is 0 Å². The van der Waals surface area contributed by atoms with Crippen LogP contribution in [0.25, 0.3) is 11.1 Å².